The molecule has 1 aromatic heterocycles. The molecule has 6 nitrogen and oxygen atoms in total. The molecule has 1 saturated heterocycles. The van der Waals surface area contributed by atoms with Crippen LogP contribution in [0.1, 0.15) is 37.2 Å². The van der Waals surface area contributed by atoms with Crippen LogP contribution in [0.15, 0.2) is 4.52 Å². The molecule has 1 aliphatic rings. The molecule has 90 valence electrons. The summed E-state index contributed by atoms with van der Waals surface area (Å²) in [6, 6.07) is -0.178. The van der Waals surface area contributed by atoms with E-state index in [1.54, 1.807) is 0 Å². The van der Waals surface area contributed by atoms with E-state index in [0.29, 0.717) is 18.3 Å². The van der Waals surface area contributed by atoms with E-state index >= 15 is 0 Å². The second kappa shape index (κ2) is 4.90. The van der Waals surface area contributed by atoms with Crippen molar-refractivity contribution < 1.29 is 9.26 Å². The molecule has 16 heavy (non-hydrogen) atoms. The van der Waals surface area contributed by atoms with Gasteiger partial charge in [-0.25, -0.2) is 0 Å². The average molecular weight is 226 g/mol. The predicted molar refractivity (Wildman–Crippen MR) is 57.7 cm³/mol. The zero-order valence-corrected chi connectivity index (χ0v) is 9.72. The molecular formula is C10H18N4O2. The van der Waals surface area contributed by atoms with Gasteiger partial charge in [-0.2, -0.15) is 4.98 Å². The van der Waals surface area contributed by atoms with Gasteiger partial charge >= 0.3 is 0 Å². The molecule has 2 atom stereocenters. The second-order valence-electron chi connectivity index (χ2n) is 4.13. The Hall–Kier alpha value is -0.980. The highest BCUT2D eigenvalue weighted by Gasteiger charge is 2.25. The predicted octanol–water partition coefficient (Wildman–Crippen LogP) is 0.482. The molecule has 1 fully saturated rings. The summed E-state index contributed by atoms with van der Waals surface area (Å²) in [6.45, 7) is 4.42. The van der Waals surface area contributed by atoms with Crippen LogP contribution >= 0.6 is 0 Å². The average Bonchev–Trinajstić information content (AvgIpc) is 2.77. The Kier molecular flexibility index (Phi) is 3.52. The van der Waals surface area contributed by atoms with Crippen LogP contribution in [0.3, 0.4) is 0 Å². The zero-order chi connectivity index (χ0) is 11.5. The third kappa shape index (κ3) is 2.40. The number of nitrogens with two attached hydrogens (primary N) is 1. The molecule has 0 radical (unpaired) electrons. The molecule has 1 aromatic rings. The molecule has 0 saturated carbocycles. The molecule has 2 rings (SSSR count). The molecule has 1 aliphatic heterocycles. The van der Waals surface area contributed by atoms with Gasteiger partial charge in [0, 0.05) is 13.1 Å². The third-order valence-corrected chi connectivity index (χ3v) is 2.77. The Bertz CT molecular complexity index is 341. The first kappa shape index (κ1) is 11.5. The van der Waals surface area contributed by atoms with Gasteiger partial charge < -0.3 is 19.9 Å². The highest BCUT2D eigenvalue weighted by Crippen LogP contribution is 2.20. The topological polar surface area (TPSA) is 77.4 Å². The fourth-order valence-electron chi connectivity index (χ4n) is 1.64. The van der Waals surface area contributed by atoms with Crippen LogP contribution in [0.5, 0.6) is 0 Å². The van der Waals surface area contributed by atoms with E-state index < -0.39 is 0 Å². The Morgan fingerprint density at radius 2 is 2.44 bits per heavy atom. The van der Waals surface area contributed by atoms with Gasteiger partial charge in [-0.05, 0) is 13.5 Å². The van der Waals surface area contributed by atoms with Crippen molar-refractivity contribution in [3.05, 3.63) is 11.7 Å². The highest BCUT2D eigenvalue weighted by molar-refractivity contribution is 4.96. The van der Waals surface area contributed by atoms with Crippen LogP contribution in [0.4, 0.5) is 0 Å². The lowest BCUT2D eigenvalue weighted by molar-refractivity contribution is -0.0264. The molecule has 0 aromatic carbocycles. The van der Waals surface area contributed by atoms with Crippen LogP contribution < -0.4 is 5.73 Å². The maximum atomic E-state index is 5.82. The van der Waals surface area contributed by atoms with E-state index in [4.69, 9.17) is 15.0 Å². The molecule has 1 unspecified atom stereocenters. The van der Waals surface area contributed by atoms with Gasteiger partial charge in [-0.3, -0.25) is 0 Å². The molecule has 6 heteroatoms. The van der Waals surface area contributed by atoms with Crippen LogP contribution in [0.25, 0.3) is 0 Å². The largest absolute Gasteiger partial charge is 0.367 e. The van der Waals surface area contributed by atoms with Gasteiger partial charge in [0.1, 0.15) is 6.10 Å². The molecule has 2 N–H and O–H groups in total. The minimum absolute atomic E-state index is 0.0969. The van der Waals surface area contributed by atoms with Crippen molar-refractivity contribution in [3.8, 4) is 0 Å². The molecule has 0 bridgehead atoms. The lowest BCUT2D eigenvalue weighted by Gasteiger charge is -2.27. The number of hydrogen-bond donors (Lipinski definition) is 1. The zero-order valence-electron chi connectivity index (χ0n) is 9.72. The highest BCUT2D eigenvalue weighted by atomic mass is 16.5. The molecule has 2 heterocycles. The Morgan fingerprint density at radius 1 is 1.62 bits per heavy atom. The lowest BCUT2D eigenvalue weighted by atomic mass is 10.2. The fourth-order valence-corrected chi connectivity index (χ4v) is 1.64. The first-order chi connectivity index (χ1) is 7.70. The summed E-state index contributed by atoms with van der Waals surface area (Å²) in [5.74, 6) is 1.10. The van der Waals surface area contributed by atoms with Crippen molar-refractivity contribution in [2.45, 2.75) is 25.5 Å². The van der Waals surface area contributed by atoms with E-state index in [2.05, 4.69) is 15.0 Å². The van der Waals surface area contributed by atoms with Crippen LogP contribution in [-0.2, 0) is 4.74 Å². The number of nitrogens with zero attached hydrogens (tertiary/aromatic N) is 3. The number of aromatic nitrogens is 2. The maximum Gasteiger partial charge on any atom is 0.243 e. The summed E-state index contributed by atoms with van der Waals surface area (Å²) >= 11 is 0. The van der Waals surface area contributed by atoms with E-state index in [1.807, 2.05) is 14.0 Å². The quantitative estimate of drug-likeness (QED) is 0.808. The molecule has 0 amide bonds. The van der Waals surface area contributed by atoms with Crippen molar-refractivity contribution in [2.24, 2.45) is 5.73 Å². The van der Waals surface area contributed by atoms with Crippen molar-refractivity contribution in [1.82, 2.24) is 15.0 Å². The van der Waals surface area contributed by atoms with E-state index in [9.17, 15) is 0 Å². The number of likely N-dealkylation sites (N-methyl/N-ethyl adjacent to an activating group) is 1. The number of ether oxygens (including phenoxy) is 1. The SMILES string of the molecule is CC[C@H](N)c1nc(C2CN(C)CCO2)no1. The van der Waals surface area contributed by atoms with Crippen LogP contribution in [0.2, 0.25) is 0 Å². The number of hydrogen-bond acceptors (Lipinski definition) is 6. The normalized spacial score (nSPS) is 24.6. The summed E-state index contributed by atoms with van der Waals surface area (Å²) in [6.07, 6.45) is 0.688. The third-order valence-electron chi connectivity index (χ3n) is 2.77. The smallest absolute Gasteiger partial charge is 0.243 e. The summed E-state index contributed by atoms with van der Waals surface area (Å²) in [5.41, 5.74) is 5.82. The Morgan fingerprint density at radius 3 is 3.12 bits per heavy atom. The van der Waals surface area contributed by atoms with Gasteiger partial charge in [-0.1, -0.05) is 12.1 Å². The van der Waals surface area contributed by atoms with E-state index in [0.717, 1.165) is 19.5 Å². The summed E-state index contributed by atoms with van der Waals surface area (Å²) < 4.78 is 10.7. The van der Waals surface area contributed by atoms with E-state index in [-0.39, 0.29) is 12.1 Å². The number of morpholine rings is 1. The minimum Gasteiger partial charge on any atom is -0.367 e. The number of rotatable bonds is 3. The van der Waals surface area contributed by atoms with Gasteiger partial charge in [0.15, 0.2) is 0 Å². The first-order valence-corrected chi connectivity index (χ1v) is 5.60. The Labute approximate surface area is 94.7 Å². The molecular weight excluding hydrogens is 208 g/mol. The van der Waals surface area contributed by atoms with E-state index in [1.165, 1.54) is 0 Å². The van der Waals surface area contributed by atoms with Gasteiger partial charge in [0.25, 0.3) is 0 Å². The van der Waals surface area contributed by atoms with Crippen molar-refractivity contribution >= 4 is 0 Å². The minimum atomic E-state index is -0.178. The lowest BCUT2D eigenvalue weighted by Crippen LogP contribution is -2.35. The molecule has 0 aliphatic carbocycles. The monoisotopic (exact) mass is 226 g/mol. The summed E-state index contributed by atoms with van der Waals surface area (Å²) in [5, 5.41) is 3.93. The van der Waals surface area contributed by atoms with Gasteiger partial charge in [0.05, 0.1) is 12.6 Å². The second-order valence-corrected chi connectivity index (χ2v) is 4.13. The van der Waals surface area contributed by atoms with Crippen molar-refractivity contribution in [2.75, 3.05) is 26.7 Å². The van der Waals surface area contributed by atoms with Crippen molar-refractivity contribution in [1.29, 1.82) is 0 Å². The summed E-state index contributed by atoms with van der Waals surface area (Å²) in [7, 11) is 2.05. The van der Waals surface area contributed by atoms with Crippen LogP contribution in [-0.4, -0.2) is 41.8 Å². The molecule has 0 spiro atoms. The van der Waals surface area contributed by atoms with Gasteiger partial charge in [-0.15, -0.1) is 0 Å². The van der Waals surface area contributed by atoms with Crippen LogP contribution in [0, 0.1) is 0 Å². The first-order valence-electron chi connectivity index (χ1n) is 5.60. The van der Waals surface area contributed by atoms with Crippen molar-refractivity contribution in [3.63, 3.8) is 0 Å². The van der Waals surface area contributed by atoms with Gasteiger partial charge in [0.2, 0.25) is 11.7 Å². The Balaban J connectivity index is 2.06. The summed E-state index contributed by atoms with van der Waals surface area (Å²) in [4.78, 5) is 6.47. The standard InChI is InChI=1S/C10H18N4O2/c1-3-7(11)10-12-9(13-16-10)8-6-14(2)4-5-15-8/h7-8H,3-6,11H2,1-2H3/t7-,8?/m0/s1. The maximum absolute atomic E-state index is 5.82. The fraction of sp³-hybridized carbons (Fsp3) is 0.800.